The first-order valence-corrected chi connectivity index (χ1v) is 12.3. The minimum absolute atomic E-state index is 0.0149. The molecule has 1 aliphatic heterocycles. The van der Waals surface area contributed by atoms with Crippen molar-refractivity contribution in [1.29, 1.82) is 0 Å². The third-order valence-corrected chi connectivity index (χ3v) is 11.4. The van der Waals surface area contributed by atoms with Crippen LogP contribution in [0.2, 0.25) is 0 Å². The minimum Gasteiger partial charge on any atom is -0.396 e. The van der Waals surface area contributed by atoms with E-state index in [1.807, 2.05) is 0 Å². The van der Waals surface area contributed by atoms with Crippen molar-refractivity contribution in [3.8, 4) is 0 Å². The van der Waals surface area contributed by atoms with Gasteiger partial charge in [-0.25, -0.2) is 0 Å². The molecule has 5 aliphatic carbocycles. The number of likely N-dealkylation sites (N-methyl/N-ethyl adjacent to an activating group) is 1. The lowest BCUT2D eigenvalue weighted by atomic mass is 9.42. The molecule has 0 radical (unpaired) electrons. The van der Waals surface area contributed by atoms with E-state index in [9.17, 15) is 20.4 Å². The summed E-state index contributed by atoms with van der Waals surface area (Å²) in [4.78, 5) is 2.23. The van der Waals surface area contributed by atoms with Crippen molar-refractivity contribution < 1.29 is 34.6 Å². The predicted molar refractivity (Wildman–Crippen MR) is 114 cm³/mol. The highest BCUT2D eigenvalue weighted by molar-refractivity contribution is 5.41. The van der Waals surface area contributed by atoms with Gasteiger partial charge in [0.05, 0.1) is 37.1 Å². The molecule has 0 aromatic carbocycles. The molecule has 0 aromatic rings. The maximum Gasteiger partial charge on any atom is 0.136 e. The second-order valence-corrected chi connectivity index (χ2v) is 11.6. The van der Waals surface area contributed by atoms with Crippen molar-refractivity contribution in [3.63, 3.8) is 0 Å². The third kappa shape index (κ3) is 1.96. The quantitative estimate of drug-likeness (QED) is 0.446. The molecule has 4 N–H and O–H groups in total. The van der Waals surface area contributed by atoms with Gasteiger partial charge in [-0.15, -0.1) is 0 Å². The Morgan fingerprint density at radius 1 is 1.09 bits per heavy atom. The van der Waals surface area contributed by atoms with E-state index in [-0.39, 0.29) is 42.5 Å². The fourth-order valence-corrected chi connectivity index (χ4v) is 10.7. The molecule has 32 heavy (non-hydrogen) atoms. The molecule has 6 aliphatic rings. The maximum absolute atomic E-state index is 12.8. The van der Waals surface area contributed by atoms with Crippen molar-refractivity contribution in [1.82, 2.24) is 4.90 Å². The third-order valence-electron chi connectivity index (χ3n) is 11.4. The van der Waals surface area contributed by atoms with E-state index < -0.39 is 40.3 Å². The molecule has 0 unspecified atom stereocenters. The first-order chi connectivity index (χ1) is 15.3. The largest absolute Gasteiger partial charge is 0.396 e. The molecular formula is C24H39NO7. The molecule has 1 spiro atoms. The van der Waals surface area contributed by atoms with Gasteiger partial charge in [0.2, 0.25) is 0 Å². The Kier molecular flexibility index (Phi) is 4.62. The molecule has 6 rings (SSSR count). The molecule has 6 fully saturated rings. The highest BCUT2D eigenvalue weighted by atomic mass is 16.5. The summed E-state index contributed by atoms with van der Waals surface area (Å²) in [5.41, 5.74) is -4.23. The lowest BCUT2D eigenvalue weighted by Gasteiger charge is -2.69. The SMILES string of the molecule is CCN1C[C@]2(CO)CC[C@H](O)[C@@]34[C@@H]5C[C@H]6[C@H](OC)[C@@H]5[C@](O)(C[C@@H]6OC)[C@@](O)([C@@H](OC)[C@H]23)[C@@H]14. The monoisotopic (exact) mass is 453 g/mol. The summed E-state index contributed by atoms with van der Waals surface area (Å²) in [6.07, 6.45) is 0.570. The van der Waals surface area contributed by atoms with E-state index >= 15 is 0 Å². The summed E-state index contributed by atoms with van der Waals surface area (Å²) < 4.78 is 18.0. The molecule has 8 heteroatoms. The maximum atomic E-state index is 12.8. The van der Waals surface area contributed by atoms with Gasteiger partial charge in [-0.3, -0.25) is 4.90 Å². The Balaban J connectivity index is 1.68. The number of hydrogen-bond donors (Lipinski definition) is 4. The van der Waals surface area contributed by atoms with Crippen molar-refractivity contribution in [3.05, 3.63) is 0 Å². The van der Waals surface area contributed by atoms with E-state index in [1.54, 1.807) is 21.3 Å². The van der Waals surface area contributed by atoms with Crippen molar-refractivity contribution in [2.75, 3.05) is 41.0 Å². The molecule has 182 valence electrons. The van der Waals surface area contributed by atoms with Gasteiger partial charge in [0, 0.05) is 62.9 Å². The smallest absolute Gasteiger partial charge is 0.136 e. The van der Waals surface area contributed by atoms with Gasteiger partial charge in [0.1, 0.15) is 11.2 Å². The highest BCUT2D eigenvalue weighted by Crippen LogP contribution is 2.80. The fraction of sp³-hybridized carbons (Fsp3) is 1.00. The highest BCUT2D eigenvalue weighted by Gasteiger charge is 2.91. The number of ether oxygens (including phenoxy) is 3. The normalized spacial score (nSPS) is 62.4. The van der Waals surface area contributed by atoms with E-state index in [0.717, 1.165) is 6.42 Å². The lowest BCUT2D eigenvalue weighted by Crippen LogP contribution is -2.82. The Labute approximate surface area is 189 Å². The number of likely N-dealkylation sites (tertiary alicyclic amines) is 1. The van der Waals surface area contributed by atoms with E-state index in [0.29, 0.717) is 32.4 Å². The van der Waals surface area contributed by atoms with Crippen LogP contribution in [0.5, 0.6) is 0 Å². The zero-order valence-electron chi connectivity index (χ0n) is 19.6. The van der Waals surface area contributed by atoms with Crippen LogP contribution >= 0.6 is 0 Å². The molecular weight excluding hydrogens is 414 g/mol. The van der Waals surface area contributed by atoms with Crippen LogP contribution in [-0.2, 0) is 14.2 Å². The van der Waals surface area contributed by atoms with Crippen LogP contribution < -0.4 is 0 Å². The number of nitrogens with zero attached hydrogens (tertiary/aromatic N) is 1. The summed E-state index contributed by atoms with van der Waals surface area (Å²) in [6.45, 7) is 3.36. The summed E-state index contributed by atoms with van der Waals surface area (Å²) in [5, 5.41) is 48.0. The van der Waals surface area contributed by atoms with Gasteiger partial charge < -0.3 is 34.6 Å². The van der Waals surface area contributed by atoms with Gasteiger partial charge in [0.25, 0.3) is 0 Å². The first kappa shape index (κ1) is 22.2. The van der Waals surface area contributed by atoms with Crippen LogP contribution in [-0.4, -0.2) is 108 Å². The average molecular weight is 454 g/mol. The standard InChI is InChI=1S/C24H39NO7/c1-5-25-10-21(11-26)7-6-15(27)23-13-8-12-14(30-2)9-22(28,16(13)17(12)31-3)24(29,20(23)25)19(32-4)18(21)23/h12-20,26-29H,5-11H2,1-4H3/t12-,13-,14+,15+,16-,17+,18-,19+,20+,21+,22-,23+,24-/m1/s1. The number of fused-ring (bicyclic) bond motifs is 2. The number of piperidine rings is 1. The summed E-state index contributed by atoms with van der Waals surface area (Å²) in [5.74, 6) is -0.488. The average Bonchev–Trinajstić information content (AvgIpc) is 3.21. The predicted octanol–water partition coefficient (Wildman–Crippen LogP) is -0.383. The Bertz CT molecular complexity index is 798. The van der Waals surface area contributed by atoms with Crippen LogP contribution in [0, 0.1) is 34.5 Å². The van der Waals surface area contributed by atoms with Crippen LogP contribution in [0.3, 0.4) is 0 Å². The minimum atomic E-state index is -1.60. The van der Waals surface area contributed by atoms with Gasteiger partial charge in [-0.1, -0.05) is 6.92 Å². The molecule has 1 saturated heterocycles. The van der Waals surface area contributed by atoms with Crippen molar-refractivity contribution >= 4 is 0 Å². The summed E-state index contributed by atoms with van der Waals surface area (Å²) in [7, 11) is 4.95. The molecule has 7 bridgehead atoms. The number of rotatable bonds is 5. The lowest BCUT2D eigenvalue weighted by molar-refractivity contribution is -0.318. The van der Waals surface area contributed by atoms with E-state index in [2.05, 4.69) is 11.8 Å². The van der Waals surface area contributed by atoms with Gasteiger partial charge >= 0.3 is 0 Å². The first-order valence-electron chi connectivity index (χ1n) is 12.3. The molecule has 5 saturated carbocycles. The molecule has 13 atom stereocenters. The number of hydrogen-bond acceptors (Lipinski definition) is 8. The van der Waals surface area contributed by atoms with Gasteiger partial charge in [0.15, 0.2) is 0 Å². The Hall–Kier alpha value is -0.320. The van der Waals surface area contributed by atoms with Crippen LogP contribution in [0.15, 0.2) is 0 Å². The van der Waals surface area contributed by atoms with E-state index in [1.165, 1.54) is 0 Å². The van der Waals surface area contributed by atoms with Gasteiger partial charge in [-0.05, 0) is 31.7 Å². The fourth-order valence-electron chi connectivity index (χ4n) is 10.7. The zero-order chi connectivity index (χ0) is 22.8. The van der Waals surface area contributed by atoms with Crippen LogP contribution in [0.4, 0.5) is 0 Å². The summed E-state index contributed by atoms with van der Waals surface area (Å²) in [6, 6.07) is -0.442. The number of aliphatic hydroxyl groups is 4. The van der Waals surface area contributed by atoms with Crippen molar-refractivity contribution in [2.45, 2.75) is 74.3 Å². The van der Waals surface area contributed by atoms with Gasteiger partial charge in [-0.2, -0.15) is 0 Å². The number of methoxy groups -OCH3 is 3. The molecule has 0 aromatic heterocycles. The Morgan fingerprint density at radius 3 is 2.44 bits per heavy atom. The second kappa shape index (κ2) is 6.66. The Morgan fingerprint density at radius 2 is 1.84 bits per heavy atom. The van der Waals surface area contributed by atoms with E-state index in [4.69, 9.17) is 14.2 Å². The molecule has 1 heterocycles. The summed E-state index contributed by atoms with van der Waals surface area (Å²) >= 11 is 0. The number of aliphatic hydroxyl groups excluding tert-OH is 2. The molecule has 0 amide bonds. The van der Waals surface area contributed by atoms with Crippen molar-refractivity contribution in [2.24, 2.45) is 34.5 Å². The van der Waals surface area contributed by atoms with Crippen LogP contribution in [0.1, 0.15) is 32.6 Å². The molecule has 8 nitrogen and oxygen atoms in total. The topological polar surface area (TPSA) is 112 Å². The van der Waals surface area contributed by atoms with Crippen LogP contribution in [0.25, 0.3) is 0 Å². The second-order valence-electron chi connectivity index (χ2n) is 11.6. The zero-order valence-corrected chi connectivity index (χ0v) is 19.6.